The molecule has 3 N–H and O–H groups in total. The molecular weight excluding hydrogens is 176 g/mol. The van der Waals surface area contributed by atoms with Crippen LogP contribution >= 0.6 is 11.6 Å². The number of nitrogens with one attached hydrogen (secondary N) is 1. The van der Waals surface area contributed by atoms with Crippen LogP contribution in [0, 0.1) is 0 Å². The Morgan fingerprint density at radius 2 is 2.33 bits per heavy atom. The Labute approximate surface area is 75.5 Å². The number of amides is 1. The van der Waals surface area contributed by atoms with Crippen LogP contribution in [0.5, 0.6) is 0 Å². The third-order valence-corrected chi connectivity index (χ3v) is 1.85. The number of hydrogen-bond acceptors (Lipinski definition) is 2. The molecule has 64 valence electrons. The summed E-state index contributed by atoms with van der Waals surface area (Å²) in [7, 11) is 0. The molecule has 1 rings (SSSR count). The molecule has 0 saturated carbocycles. The van der Waals surface area contributed by atoms with Gasteiger partial charge in [-0.2, -0.15) is 0 Å². The minimum absolute atomic E-state index is 0.403. The molecule has 0 radical (unpaired) electrons. The van der Waals surface area contributed by atoms with E-state index in [2.05, 4.69) is 5.32 Å². The second kappa shape index (κ2) is 4.09. The molecule has 1 aromatic carbocycles. The van der Waals surface area contributed by atoms with Gasteiger partial charge in [0.25, 0.3) is 0 Å². The Kier molecular flexibility index (Phi) is 3.08. The summed E-state index contributed by atoms with van der Waals surface area (Å²) < 4.78 is 0. The number of benzene rings is 1. The molecule has 1 amide bonds. The van der Waals surface area contributed by atoms with Crippen LogP contribution < -0.4 is 11.1 Å². The van der Waals surface area contributed by atoms with Crippen LogP contribution in [0.3, 0.4) is 0 Å². The highest BCUT2D eigenvalue weighted by Gasteiger charge is 1.98. The van der Waals surface area contributed by atoms with Crippen LogP contribution in [0.2, 0.25) is 5.02 Å². The summed E-state index contributed by atoms with van der Waals surface area (Å²) in [4.78, 5) is 10.1. The number of anilines is 1. The number of rotatable bonds is 3. The average Bonchev–Trinajstić information content (AvgIpc) is 2.05. The molecule has 0 aliphatic carbocycles. The fourth-order valence-electron chi connectivity index (χ4n) is 0.871. The zero-order valence-corrected chi connectivity index (χ0v) is 7.14. The quantitative estimate of drug-likeness (QED) is 0.698. The van der Waals surface area contributed by atoms with Crippen LogP contribution in [-0.4, -0.2) is 6.41 Å². The Bertz CT molecular complexity index is 288. The van der Waals surface area contributed by atoms with Crippen LogP contribution in [0.1, 0.15) is 5.56 Å². The molecule has 0 heterocycles. The summed E-state index contributed by atoms with van der Waals surface area (Å²) in [5.74, 6) is 0. The van der Waals surface area contributed by atoms with Crippen molar-refractivity contribution in [3.63, 3.8) is 0 Å². The highest BCUT2D eigenvalue weighted by molar-refractivity contribution is 6.31. The smallest absolute Gasteiger partial charge is 0.211 e. The van der Waals surface area contributed by atoms with E-state index in [0.717, 1.165) is 5.56 Å². The third kappa shape index (κ3) is 1.96. The second-order valence-electron chi connectivity index (χ2n) is 2.27. The largest absolute Gasteiger partial charge is 0.329 e. The van der Waals surface area contributed by atoms with Gasteiger partial charge in [0.05, 0.1) is 0 Å². The molecule has 0 spiro atoms. The lowest BCUT2D eigenvalue weighted by molar-refractivity contribution is -0.105. The number of carbonyl (C=O) groups is 1. The van der Waals surface area contributed by atoms with Crippen molar-refractivity contribution >= 4 is 23.7 Å². The normalized spacial score (nSPS) is 9.50. The summed E-state index contributed by atoms with van der Waals surface area (Å²) >= 11 is 5.83. The van der Waals surface area contributed by atoms with Crippen molar-refractivity contribution in [2.75, 3.05) is 5.32 Å². The molecular formula is C8H9ClN2O. The van der Waals surface area contributed by atoms with E-state index in [1.54, 1.807) is 18.2 Å². The first kappa shape index (κ1) is 9.03. The molecule has 4 heteroatoms. The minimum atomic E-state index is 0.403. The second-order valence-corrected chi connectivity index (χ2v) is 2.68. The van der Waals surface area contributed by atoms with Crippen molar-refractivity contribution < 1.29 is 4.79 Å². The Morgan fingerprint density at radius 1 is 1.58 bits per heavy atom. The fourth-order valence-corrected chi connectivity index (χ4v) is 1.13. The third-order valence-electron chi connectivity index (χ3n) is 1.50. The van der Waals surface area contributed by atoms with Gasteiger partial charge in [-0.3, -0.25) is 4.79 Å². The summed E-state index contributed by atoms with van der Waals surface area (Å²) in [6, 6.07) is 5.20. The number of nitrogens with two attached hydrogens (primary N) is 1. The van der Waals surface area contributed by atoms with Gasteiger partial charge in [-0.15, -0.1) is 0 Å². The number of halogens is 1. The van der Waals surface area contributed by atoms with Crippen molar-refractivity contribution in [2.45, 2.75) is 6.54 Å². The van der Waals surface area contributed by atoms with E-state index in [4.69, 9.17) is 17.3 Å². The van der Waals surface area contributed by atoms with Gasteiger partial charge >= 0.3 is 0 Å². The molecule has 0 aliphatic rings. The lowest BCUT2D eigenvalue weighted by Crippen LogP contribution is -1.99. The van der Waals surface area contributed by atoms with Gasteiger partial charge in [0.2, 0.25) is 6.41 Å². The van der Waals surface area contributed by atoms with Gasteiger partial charge in [-0.1, -0.05) is 17.7 Å². The maximum absolute atomic E-state index is 10.1. The highest BCUT2D eigenvalue weighted by atomic mass is 35.5. The van der Waals surface area contributed by atoms with Gasteiger partial charge in [0, 0.05) is 17.3 Å². The van der Waals surface area contributed by atoms with Crippen molar-refractivity contribution in [1.82, 2.24) is 0 Å². The summed E-state index contributed by atoms with van der Waals surface area (Å²) in [6.07, 6.45) is 0.605. The average molecular weight is 185 g/mol. The maximum Gasteiger partial charge on any atom is 0.211 e. The summed E-state index contributed by atoms with van der Waals surface area (Å²) in [5.41, 5.74) is 6.94. The SMILES string of the molecule is NCc1ccc(NC=O)cc1Cl. The molecule has 0 saturated heterocycles. The first-order chi connectivity index (χ1) is 5.77. The lowest BCUT2D eigenvalue weighted by Gasteiger charge is -2.03. The summed E-state index contributed by atoms with van der Waals surface area (Å²) in [6.45, 7) is 0.403. The van der Waals surface area contributed by atoms with Gasteiger partial charge < -0.3 is 11.1 Å². The van der Waals surface area contributed by atoms with E-state index < -0.39 is 0 Å². The first-order valence-electron chi connectivity index (χ1n) is 3.46. The molecule has 0 atom stereocenters. The number of carbonyl (C=O) groups excluding carboxylic acids is 1. The van der Waals surface area contributed by atoms with Crippen LogP contribution in [0.15, 0.2) is 18.2 Å². The van der Waals surface area contributed by atoms with Crippen molar-refractivity contribution in [3.05, 3.63) is 28.8 Å². The van der Waals surface area contributed by atoms with Crippen LogP contribution in [0.4, 0.5) is 5.69 Å². The lowest BCUT2D eigenvalue weighted by atomic mass is 10.2. The van der Waals surface area contributed by atoms with Crippen LogP contribution in [0.25, 0.3) is 0 Å². The van der Waals surface area contributed by atoms with E-state index in [0.29, 0.717) is 23.7 Å². The Balaban J connectivity index is 2.93. The molecule has 0 aliphatic heterocycles. The topological polar surface area (TPSA) is 55.1 Å². The Morgan fingerprint density at radius 3 is 2.83 bits per heavy atom. The molecule has 3 nitrogen and oxygen atoms in total. The van der Waals surface area contributed by atoms with Crippen molar-refractivity contribution in [1.29, 1.82) is 0 Å². The molecule has 1 aromatic rings. The van der Waals surface area contributed by atoms with Crippen molar-refractivity contribution in [2.24, 2.45) is 5.73 Å². The monoisotopic (exact) mass is 184 g/mol. The zero-order valence-electron chi connectivity index (χ0n) is 6.38. The van der Waals surface area contributed by atoms with E-state index in [1.165, 1.54) is 0 Å². The van der Waals surface area contributed by atoms with Gasteiger partial charge in [0.1, 0.15) is 0 Å². The molecule has 12 heavy (non-hydrogen) atoms. The Hall–Kier alpha value is -1.06. The zero-order chi connectivity index (χ0) is 8.97. The van der Waals surface area contributed by atoms with Gasteiger partial charge in [-0.05, 0) is 17.7 Å². The van der Waals surface area contributed by atoms with E-state index in [1.807, 2.05) is 0 Å². The van der Waals surface area contributed by atoms with Crippen LogP contribution in [-0.2, 0) is 11.3 Å². The molecule has 0 aromatic heterocycles. The van der Waals surface area contributed by atoms with E-state index in [-0.39, 0.29) is 0 Å². The predicted molar refractivity (Wildman–Crippen MR) is 49.0 cm³/mol. The minimum Gasteiger partial charge on any atom is -0.329 e. The first-order valence-corrected chi connectivity index (χ1v) is 3.84. The molecule has 0 fully saturated rings. The summed E-state index contributed by atoms with van der Waals surface area (Å²) in [5, 5.41) is 3.07. The van der Waals surface area contributed by atoms with Gasteiger partial charge in [-0.25, -0.2) is 0 Å². The van der Waals surface area contributed by atoms with Gasteiger partial charge in [0.15, 0.2) is 0 Å². The standard InChI is InChI=1S/C8H9ClN2O/c9-8-3-7(11-5-12)2-1-6(8)4-10/h1-3,5H,4,10H2,(H,11,12). The molecule has 0 bridgehead atoms. The van der Waals surface area contributed by atoms with E-state index in [9.17, 15) is 4.79 Å². The van der Waals surface area contributed by atoms with Crippen molar-refractivity contribution in [3.8, 4) is 0 Å². The fraction of sp³-hybridized carbons (Fsp3) is 0.125. The van der Waals surface area contributed by atoms with E-state index >= 15 is 0 Å². The maximum atomic E-state index is 10.1. The predicted octanol–water partition coefficient (Wildman–Crippen LogP) is 1.37. The highest BCUT2D eigenvalue weighted by Crippen LogP contribution is 2.19. The molecule has 0 unspecified atom stereocenters. The number of hydrogen-bond donors (Lipinski definition) is 2.